The lowest BCUT2D eigenvalue weighted by Crippen LogP contribution is -2.08. The topological polar surface area (TPSA) is 70.1 Å². The second-order valence-electron chi connectivity index (χ2n) is 3.89. The predicted molar refractivity (Wildman–Crippen MR) is 74.1 cm³/mol. The van der Waals surface area contributed by atoms with Crippen LogP contribution < -0.4 is 5.73 Å². The van der Waals surface area contributed by atoms with E-state index in [1.807, 2.05) is 19.3 Å². The van der Waals surface area contributed by atoms with Crippen LogP contribution in [0.1, 0.15) is 17.3 Å². The van der Waals surface area contributed by atoms with Crippen molar-refractivity contribution in [2.24, 2.45) is 7.05 Å². The minimum absolute atomic E-state index is 0.332. The first-order valence-electron chi connectivity index (χ1n) is 5.84. The molecule has 0 amide bonds. The Morgan fingerprint density at radius 2 is 2.32 bits per heavy atom. The molecule has 0 unspecified atom stereocenters. The zero-order valence-electron chi connectivity index (χ0n) is 10.8. The summed E-state index contributed by atoms with van der Waals surface area (Å²) in [6.45, 7) is 2.10. The molecule has 0 aliphatic heterocycles. The van der Waals surface area contributed by atoms with Crippen LogP contribution in [0.4, 0.5) is 5.69 Å². The van der Waals surface area contributed by atoms with Gasteiger partial charge in [0.15, 0.2) is 0 Å². The van der Waals surface area contributed by atoms with E-state index in [0.29, 0.717) is 17.9 Å². The molecule has 0 bridgehead atoms. The number of nitrogens with two attached hydrogens (primary N) is 1. The molecule has 1 aromatic carbocycles. The van der Waals surface area contributed by atoms with Crippen LogP contribution in [0.5, 0.6) is 0 Å². The van der Waals surface area contributed by atoms with E-state index in [1.165, 1.54) is 11.8 Å². The molecule has 0 aliphatic carbocycles. The number of hydrogen-bond acceptors (Lipinski definition) is 5. The fraction of sp³-hybridized carbons (Fsp3) is 0.231. The maximum Gasteiger partial charge on any atom is 0.340 e. The Morgan fingerprint density at radius 1 is 1.53 bits per heavy atom. The number of rotatable bonds is 4. The summed E-state index contributed by atoms with van der Waals surface area (Å²) in [5.41, 5.74) is 6.86. The van der Waals surface area contributed by atoms with Gasteiger partial charge in [-0.1, -0.05) is 17.8 Å². The third-order valence-electron chi connectivity index (χ3n) is 2.47. The third-order valence-corrected chi connectivity index (χ3v) is 3.49. The second kappa shape index (κ2) is 5.79. The first-order chi connectivity index (χ1) is 9.11. The van der Waals surface area contributed by atoms with E-state index < -0.39 is 5.97 Å². The maximum absolute atomic E-state index is 11.7. The molecular formula is C13H15N3O2S. The van der Waals surface area contributed by atoms with E-state index in [4.69, 9.17) is 10.5 Å². The minimum Gasteiger partial charge on any atom is -0.462 e. The molecule has 0 radical (unpaired) electrons. The van der Waals surface area contributed by atoms with Gasteiger partial charge in [0.05, 0.1) is 29.0 Å². The van der Waals surface area contributed by atoms with Gasteiger partial charge in [0.25, 0.3) is 0 Å². The maximum atomic E-state index is 11.7. The number of anilines is 1. The summed E-state index contributed by atoms with van der Waals surface area (Å²) in [5.74, 6) is -0.395. The predicted octanol–water partition coefficient (Wildman–Crippen LogP) is 2.33. The number of carbonyl (C=O) groups is 1. The molecule has 0 saturated carbocycles. The van der Waals surface area contributed by atoms with Crippen LogP contribution in [0.15, 0.2) is 40.4 Å². The second-order valence-corrected chi connectivity index (χ2v) is 5.00. The lowest BCUT2D eigenvalue weighted by Gasteiger charge is -2.09. The zero-order valence-corrected chi connectivity index (χ0v) is 11.6. The number of esters is 1. The SMILES string of the molecule is CCOC(=O)c1cccc(Sc2cnn(C)c2)c1N. The molecule has 0 atom stereocenters. The van der Waals surface area contributed by atoms with Crippen LogP contribution in [0.3, 0.4) is 0 Å². The quantitative estimate of drug-likeness (QED) is 0.686. The Morgan fingerprint density at radius 3 is 2.95 bits per heavy atom. The van der Waals surface area contributed by atoms with Crippen molar-refractivity contribution in [3.8, 4) is 0 Å². The van der Waals surface area contributed by atoms with Gasteiger partial charge in [0.1, 0.15) is 0 Å². The summed E-state index contributed by atoms with van der Waals surface area (Å²) < 4.78 is 6.69. The molecule has 2 N–H and O–H groups in total. The molecule has 0 spiro atoms. The van der Waals surface area contributed by atoms with Gasteiger partial charge in [0.2, 0.25) is 0 Å². The number of benzene rings is 1. The normalized spacial score (nSPS) is 10.4. The van der Waals surface area contributed by atoms with Crippen LogP contribution in [-0.2, 0) is 11.8 Å². The van der Waals surface area contributed by atoms with Gasteiger partial charge in [-0.2, -0.15) is 5.10 Å². The first-order valence-corrected chi connectivity index (χ1v) is 6.65. The molecule has 1 heterocycles. The van der Waals surface area contributed by atoms with Crippen LogP contribution in [0, 0.1) is 0 Å². The molecule has 19 heavy (non-hydrogen) atoms. The van der Waals surface area contributed by atoms with Crippen LogP contribution >= 0.6 is 11.8 Å². The largest absolute Gasteiger partial charge is 0.462 e. The van der Waals surface area contributed by atoms with Crippen molar-refractivity contribution in [3.63, 3.8) is 0 Å². The molecule has 1 aromatic heterocycles. The Labute approximate surface area is 115 Å². The number of para-hydroxylation sites is 1. The highest BCUT2D eigenvalue weighted by molar-refractivity contribution is 7.99. The molecule has 5 nitrogen and oxygen atoms in total. The number of hydrogen-bond donors (Lipinski definition) is 1. The van der Waals surface area contributed by atoms with Gasteiger partial charge < -0.3 is 10.5 Å². The van der Waals surface area contributed by atoms with E-state index >= 15 is 0 Å². The van der Waals surface area contributed by atoms with Crippen LogP contribution in [-0.4, -0.2) is 22.4 Å². The molecular weight excluding hydrogens is 262 g/mol. The monoisotopic (exact) mass is 277 g/mol. The summed E-state index contributed by atoms with van der Waals surface area (Å²) >= 11 is 1.47. The smallest absolute Gasteiger partial charge is 0.340 e. The molecule has 0 aliphatic rings. The molecule has 0 saturated heterocycles. The highest BCUT2D eigenvalue weighted by Crippen LogP contribution is 2.33. The van der Waals surface area contributed by atoms with Crippen molar-refractivity contribution < 1.29 is 9.53 Å². The minimum atomic E-state index is -0.395. The summed E-state index contributed by atoms with van der Waals surface area (Å²) in [7, 11) is 1.85. The van der Waals surface area contributed by atoms with E-state index in [1.54, 1.807) is 29.9 Å². The van der Waals surface area contributed by atoms with Crippen molar-refractivity contribution in [1.82, 2.24) is 9.78 Å². The Balaban J connectivity index is 2.27. The molecule has 2 aromatic rings. The number of nitrogens with zero attached hydrogens (tertiary/aromatic N) is 2. The van der Waals surface area contributed by atoms with Crippen molar-refractivity contribution in [2.75, 3.05) is 12.3 Å². The van der Waals surface area contributed by atoms with Crippen LogP contribution in [0.2, 0.25) is 0 Å². The standard InChI is InChI=1S/C13H15N3O2S/c1-3-18-13(17)10-5-4-6-11(12(10)14)19-9-7-15-16(2)8-9/h4-8H,3,14H2,1-2H3. The van der Waals surface area contributed by atoms with Gasteiger partial charge in [-0.15, -0.1) is 0 Å². The van der Waals surface area contributed by atoms with E-state index in [2.05, 4.69) is 5.10 Å². The number of aromatic nitrogens is 2. The highest BCUT2D eigenvalue weighted by Gasteiger charge is 2.14. The van der Waals surface area contributed by atoms with Crippen molar-refractivity contribution in [3.05, 3.63) is 36.2 Å². The van der Waals surface area contributed by atoms with E-state index in [-0.39, 0.29) is 0 Å². The first kappa shape index (κ1) is 13.5. The third kappa shape index (κ3) is 3.08. The highest BCUT2D eigenvalue weighted by atomic mass is 32.2. The average Bonchev–Trinajstić information content (AvgIpc) is 2.78. The van der Waals surface area contributed by atoms with Crippen molar-refractivity contribution >= 4 is 23.4 Å². The number of carbonyl (C=O) groups excluding carboxylic acids is 1. The van der Waals surface area contributed by atoms with E-state index in [0.717, 1.165) is 9.79 Å². The number of aryl methyl sites for hydroxylation is 1. The zero-order chi connectivity index (χ0) is 13.8. The molecule has 0 fully saturated rings. The van der Waals surface area contributed by atoms with Crippen molar-refractivity contribution in [1.29, 1.82) is 0 Å². The molecule has 2 rings (SSSR count). The molecule has 100 valence electrons. The van der Waals surface area contributed by atoms with E-state index in [9.17, 15) is 4.79 Å². The summed E-state index contributed by atoms with van der Waals surface area (Å²) in [5, 5.41) is 4.09. The van der Waals surface area contributed by atoms with Gasteiger partial charge in [-0.25, -0.2) is 4.79 Å². The summed E-state index contributed by atoms with van der Waals surface area (Å²) in [4.78, 5) is 13.5. The Hall–Kier alpha value is -1.95. The fourth-order valence-electron chi connectivity index (χ4n) is 1.60. The fourth-order valence-corrected chi connectivity index (χ4v) is 2.52. The lowest BCUT2D eigenvalue weighted by atomic mass is 10.2. The number of ether oxygens (including phenoxy) is 1. The van der Waals surface area contributed by atoms with Crippen LogP contribution in [0.25, 0.3) is 0 Å². The van der Waals surface area contributed by atoms with Gasteiger partial charge in [-0.3, -0.25) is 4.68 Å². The molecule has 6 heteroatoms. The van der Waals surface area contributed by atoms with Gasteiger partial charge in [0, 0.05) is 18.1 Å². The van der Waals surface area contributed by atoms with Gasteiger partial charge in [-0.05, 0) is 19.1 Å². The Bertz CT molecular complexity index is 595. The number of nitrogen functional groups attached to an aromatic ring is 1. The van der Waals surface area contributed by atoms with Crippen molar-refractivity contribution in [2.45, 2.75) is 16.7 Å². The Kier molecular flexibility index (Phi) is 4.11. The average molecular weight is 277 g/mol. The summed E-state index contributed by atoms with van der Waals surface area (Å²) in [6, 6.07) is 5.33. The van der Waals surface area contributed by atoms with Gasteiger partial charge >= 0.3 is 5.97 Å². The lowest BCUT2D eigenvalue weighted by molar-refractivity contribution is 0.0527. The summed E-state index contributed by atoms with van der Waals surface area (Å²) in [6.07, 6.45) is 3.64.